The van der Waals surface area contributed by atoms with Gasteiger partial charge in [-0.2, -0.15) is 5.10 Å². The summed E-state index contributed by atoms with van der Waals surface area (Å²) >= 11 is 0. The van der Waals surface area contributed by atoms with Gasteiger partial charge in [-0.15, -0.1) is 6.58 Å². The highest BCUT2D eigenvalue weighted by Crippen LogP contribution is 2.29. The van der Waals surface area contributed by atoms with E-state index in [2.05, 4.69) is 11.7 Å². The zero-order valence-electron chi connectivity index (χ0n) is 10.9. The predicted octanol–water partition coefficient (Wildman–Crippen LogP) is 2.95. The Morgan fingerprint density at radius 2 is 2.21 bits per heavy atom. The third-order valence-corrected chi connectivity index (χ3v) is 2.70. The molecule has 0 aliphatic heterocycles. The van der Waals surface area contributed by atoms with Crippen molar-refractivity contribution in [1.29, 1.82) is 0 Å². The average Bonchev–Trinajstić information content (AvgIpc) is 2.83. The first-order valence-corrected chi connectivity index (χ1v) is 6.16. The highest BCUT2D eigenvalue weighted by Gasteiger charge is 2.12. The number of aldehydes is 1. The van der Waals surface area contributed by atoms with Gasteiger partial charge < -0.3 is 4.74 Å². The number of ether oxygens (including phenoxy) is 1. The lowest BCUT2D eigenvalue weighted by Crippen LogP contribution is -2.02. The summed E-state index contributed by atoms with van der Waals surface area (Å²) in [6, 6.07) is 9.42. The quantitative estimate of drug-likeness (QED) is 0.589. The molecule has 0 aliphatic rings. The number of hydrogen-bond donors (Lipinski definition) is 0. The van der Waals surface area contributed by atoms with Gasteiger partial charge in [0.25, 0.3) is 0 Å². The summed E-state index contributed by atoms with van der Waals surface area (Å²) in [5, 5.41) is 4.42. The minimum atomic E-state index is 0.505. The third kappa shape index (κ3) is 2.73. The van der Waals surface area contributed by atoms with Gasteiger partial charge in [0.15, 0.2) is 6.29 Å². The van der Waals surface area contributed by atoms with Gasteiger partial charge in [-0.05, 0) is 25.1 Å². The summed E-state index contributed by atoms with van der Waals surface area (Å²) in [6.07, 6.45) is 2.50. The lowest BCUT2D eigenvalue weighted by molar-refractivity contribution is 0.111. The zero-order chi connectivity index (χ0) is 13.7. The number of benzene rings is 1. The number of carbonyl (C=O) groups excluding carboxylic acids is 1. The first-order valence-electron chi connectivity index (χ1n) is 6.16. The minimum absolute atomic E-state index is 0.505. The van der Waals surface area contributed by atoms with Gasteiger partial charge in [-0.25, -0.2) is 0 Å². The van der Waals surface area contributed by atoms with E-state index in [4.69, 9.17) is 4.74 Å². The van der Waals surface area contributed by atoms with Crippen molar-refractivity contribution in [2.24, 2.45) is 0 Å². The van der Waals surface area contributed by atoms with E-state index in [1.165, 1.54) is 0 Å². The smallest absolute Gasteiger partial charge is 0.168 e. The molecule has 0 saturated carbocycles. The van der Waals surface area contributed by atoms with Crippen LogP contribution in [-0.2, 0) is 6.54 Å². The van der Waals surface area contributed by atoms with Crippen molar-refractivity contribution in [2.45, 2.75) is 13.5 Å². The molecule has 4 heteroatoms. The molecule has 2 rings (SSSR count). The van der Waals surface area contributed by atoms with Crippen LogP contribution >= 0.6 is 0 Å². The number of nitrogens with zero attached hydrogens (tertiary/aromatic N) is 2. The maximum Gasteiger partial charge on any atom is 0.168 e. The molecule has 19 heavy (non-hydrogen) atoms. The molecular weight excluding hydrogens is 240 g/mol. The lowest BCUT2D eigenvalue weighted by atomic mass is 10.1. The van der Waals surface area contributed by atoms with Crippen LogP contribution in [0.25, 0.3) is 11.3 Å². The Hall–Kier alpha value is -2.36. The molecule has 0 aliphatic carbocycles. The fraction of sp³-hybridized carbons (Fsp3) is 0.200. The van der Waals surface area contributed by atoms with E-state index in [0.29, 0.717) is 18.8 Å². The highest BCUT2D eigenvalue weighted by molar-refractivity contribution is 5.77. The number of para-hydroxylation sites is 1. The molecule has 1 heterocycles. The summed E-state index contributed by atoms with van der Waals surface area (Å²) in [4.78, 5) is 11.0. The second-order valence-corrected chi connectivity index (χ2v) is 3.97. The van der Waals surface area contributed by atoms with Crippen molar-refractivity contribution in [2.75, 3.05) is 6.61 Å². The largest absolute Gasteiger partial charge is 0.493 e. The van der Waals surface area contributed by atoms with Crippen LogP contribution in [0, 0.1) is 0 Å². The summed E-state index contributed by atoms with van der Waals surface area (Å²) in [5.41, 5.74) is 2.14. The first-order chi connectivity index (χ1) is 9.30. The van der Waals surface area contributed by atoms with Gasteiger partial charge in [0.05, 0.1) is 18.8 Å². The number of rotatable bonds is 6. The Morgan fingerprint density at radius 3 is 2.89 bits per heavy atom. The molecule has 0 unspecified atom stereocenters. The van der Waals surface area contributed by atoms with Crippen molar-refractivity contribution in [3.8, 4) is 17.0 Å². The molecule has 0 radical (unpaired) electrons. The standard InChI is InChI=1S/C15H16N2O2/c1-3-9-17-12(11-18)10-14(16-17)13-7-5-6-8-15(13)19-4-2/h3,5-8,10-11H,1,4,9H2,2H3. The Labute approximate surface area is 112 Å². The summed E-state index contributed by atoms with van der Waals surface area (Å²) < 4.78 is 7.20. The first kappa shape index (κ1) is 13.1. The molecule has 1 aromatic carbocycles. The molecular formula is C15H16N2O2. The fourth-order valence-electron chi connectivity index (χ4n) is 1.89. The summed E-state index contributed by atoms with van der Waals surface area (Å²) in [5.74, 6) is 0.769. The van der Waals surface area contributed by atoms with Crippen LogP contribution in [0.4, 0.5) is 0 Å². The van der Waals surface area contributed by atoms with E-state index in [-0.39, 0.29) is 0 Å². The molecule has 0 saturated heterocycles. The van der Waals surface area contributed by atoms with Crippen molar-refractivity contribution < 1.29 is 9.53 Å². The van der Waals surface area contributed by atoms with Crippen molar-refractivity contribution in [3.05, 3.63) is 48.7 Å². The van der Waals surface area contributed by atoms with Crippen LogP contribution in [0.15, 0.2) is 43.0 Å². The van der Waals surface area contributed by atoms with Gasteiger partial charge >= 0.3 is 0 Å². The van der Waals surface area contributed by atoms with Gasteiger partial charge in [-0.1, -0.05) is 18.2 Å². The highest BCUT2D eigenvalue weighted by atomic mass is 16.5. The normalized spacial score (nSPS) is 10.2. The summed E-state index contributed by atoms with van der Waals surface area (Å²) in [6.45, 7) is 6.69. The lowest BCUT2D eigenvalue weighted by Gasteiger charge is -2.07. The second kappa shape index (κ2) is 6.00. The average molecular weight is 256 g/mol. The molecule has 1 aromatic heterocycles. The van der Waals surface area contributed by atoms with Crippen LogP contribution in [0.5, 0.6) is 5.75 Å². The Kier molecular flexibility index (Phi) is 4.13. The van der Waals surface area contributed by atoms with E-state index in [1.807, 2.05) is 31.2 Å². The van der Waals surface area contributed by atoms with E-state index in [1.54, 1.807) is 16.8 Å². The topological polar surface area (TPSA) is 44.1 Å². The Bertz CT molecular complexity index is 588. The monoisotopic (exact) mass is 256 g/mol. The van der Waals surface area contributed by atoms with Gasteiger partial charge in [0, 0.05) is 5.56 Å². The van der Waals surface area contributed by atoms with Crippen LogP contribution < -0.4 is 4.74 Å². The molecule has 0 N–H and O–H groups in total. The second-order valence-electron chi connectivity index (χ2n) is 3.97. The maximum atomic E-state index is 11.0. The number of carbonyl (C=O) groups is 1. The van der Waals surface area contributed by atoms with Crippen molar-refractivity contribution in [1.82, 2.24) is 9.78 Å². The maximum absolute atomic E-state index is 11.0. The number of allylic oxidation sites excluding steroid dienone is 1. The van der Waals surface area contributed by atoms with Crippen LogP contribution in [-0.4, -0.2) is 22.7 Å². The number of hydrogen-bond acceptors (Lipinski definition) is 3. The van der Waals surface area contributed by atoms with Crippen molar-refractivity contribution in [3.63, 3.8) is 0 Å². The van der Waals surface area contributed by atoms with Gasteiger partial charge in [0.2, 0.25) is 0 Å². The van der Waals surface area contributed by atoms with Gasteiger partial charge in [-0.3, -0.25) is 9.48 Å². The summed E-state index contributed by atoms with van der Waals surface area (Å²) in [7, 11) is 0. The molecule has 98 valence electrons. The molecule has 0 spiro atoms. The zero-order valence-corrected chi connectivity index (χ0v) is 10.9. The van der Waals surface area contributed by atoms with Gasteiger partial charge in [0.1, 0.15) is 11.4 Å². The Balaban J connectivity index is 2.46. The predicted molar refractivity (Wildman–Crippen MR) is 74.4 cm³/mol. The van der Waals surface area contributed by atoms with Crippen LogP contribution in [0.2, 0.25) is 0 Å². The van der Waals surface area contributed by atoms with E-state index in [0.717, 1.165) is 23.3 Å². The third-order valence-electron chi connectivity index (χ3n) is 2.70. The molecule has 0 bridgehead atoms. The van der Waals surface area contributed by atoms with Crippen molar-refractivity contribution >= 4 is 6.29 Å². The number of aromatic nitrogens is 2. The molecule has 4 nitrogen and oxygen atoms in total. The molecule has 0 atom stereocenters. The molecule has 0 fully saturated rings. The minimum Gasteiger partial charge on any atom is -0.493 e. The van der Waals surface area contributed by atoms with E-state index >= 15 is 0 Å². The van der Waals surface area contributed by atoms with Crippen LogP contribution in [0.1, 0.15) is 17.4 Å². The molecule has 0 amide bonds. The molecule has 2 aromatic rings. The SMILES string of the molecule is C=CCn1nc(-c2ccccc2OCC)cc1C=O. The van der Waals surface area contributed by atoms with E-state index in [9.17, 15) is 4.79 Å². The Morgan fingerprint density at radius 1 is 1.42 bits per heavy atom. The van der Waals surface area contributed by atoms with E-state index < -0.39 is 0 Å². The fourth-order valence-corrected chi connectivity index (χ4v) is 1.89. The van der Waals surface area contributed by atoms with Crippen LogP contribution in [0.3, 0.4) is 0 Å².